The number of hydrogen-bond acceptors (Lipinski definition) is 4. The molecule has 0 aromatic carbocycles. The molecule has 3 N–H and O–H groups in total. The van der Waals surface area contributed by atoms with E-state index in [2.05, 4.69) is 5.32 Å². The molecule has 0 amide bonds. The average molecular weight is 204 g/mol. The Kier molecular flexibility index (Phi) is 10.8. The Morgan fingerprint density at radius 3 is 2.57 bits per heavy atom. The molecule has 0 heterocycles. The quantitative estimate of drug-likeness (QED) is 0.505. The lowest BCUT2D eigenvalue weighted by Gasteiger charge is -2.17. The summed E-state index contributed by atoms with van der Waals surface area (Å²) in [5, 5.41) is 3.43. The molecule has 14 heavy (non-hydrogen) atoms. The van der Waals surface area contributed by atoms with Crippen LogP contribution in [0.3, 0.4) is 0 Å². The zero-order valence-electron chi connectivity index (χ0n) is 9.42. The zero-order chi connectivity index (χ0) is 10.6. The van der Waals surface area contributed by atoms with E-state index in [1.165, 1.54) is 0 Å². The number of hydrogen-bond donors (Lipinski definition) is 2. The van der Waals surface area contributed by atoms with Gasteiger partial charge in [-0.2, -0.15) is 0 Å². The molecule has 0 aromatic heterocycles. The lowest BCUT2D eigenvalue weighted by molar-refractivity contribution is 0.156. The van der Waals surface area contributed by atoms with Gasteiger partial charge >= 0.3 is 0 Å². The van der Waals surface area contributed by atoms with Crippen molar-refractivity contribution in [3.8, 4) is 0 Å². The predicted octanol–water partition coefficient (Wildman–Crippen LogP) is 0.366. The maximum atomic E-state index is 5.46. The molecule has 0 aromatic rings. The predicted molar refractivity (Wildman–Crippen MR) is 58.4 cm³/mol. The Hall–Kier alpha value is -0.160. The average Bonchev–Trinajstić information content (AvgIpc) is 2.20. The fraction of sp³-hybridized carbons (Fsp3) is 1.00. The molecule has 0 spiro atoms. The second-order valence-electron chi connectivity index (χ2n) is 3.38. The van der Waals surface area contributed by atoms with Crippen LogP contribution in [0, 0.1) is 0 Å². The van der Waals surface area contributed by atoms with Crippen molar-refractivity contribution in [3.63, 3.8) is 0 Å². The minimum absolute atomic E-state index is 0.431. The third-order valence-electron chi connectivity index (χ3n) is 2.08. The fourth-order valence-electron chi connectivity index (χ4n) is 1.33. The normalized spacial score (nSPS) is 13.1. The van der Waals surface area contributed by atoms with Crippen LogP contribution in [-0.4, -0.2) is 46.6 Å². The summed E-state index contributed by atoms with van der Waals surface area (Å²) in [6.07, 6.45) is 3.17. The van der Waals surface area contributed by atoms with Gasteiger partial charge in [0, 0.05) is 26.9 Å². The Bertz CT molecular complexity index is 112. The first-order valence-electron chi connectivity index (χ1n) is 5.26. The van der Waals surface area contributed by atoms with Crippen molar-refractivity contribution in [2.45, 2.75) is 25.3 Å². The van der Waals surface area contributed by atoms with Crippen LogP contribution in [0.1, 0.15) is 19.3 Å². The summed E-state index contributed by atoms with van der Waals surface area (Å²) in [5.41, 5.74) is 5.46. The first-order chi connectivity index (χ1) is 6.85. The number of ether oxygens (including phenoxy) is 2. The Labute approximate surface area is 87.1 Å². The third-order valence-corrected chi connectivity index (χ3v) is 2.08. The summed E-state index contributed by atoms with van der Waals surface area (Å²) in [6.45, 7) is 3.29. The molecule has 86 valence electrons. The molecule has 4 nitrogen and oxygen atoms in total. The van der Waals surface area contributed by atoms with E-state index in [1.54, 1.807) is 14.2 Å². The summed E-state index contributed by atoms with van der Waals surface area (Å²) in [4.78, 5) is 0. The SMILES string of the molecule is COCCCNC(CCCN)COC. The molecule has 0 bridgehead atoms. The van der Waals surface area contributed by atoms with Gasteiger partial charge in [0.15, 0.2) is 0 Å². The monoisotopic (exact) mass is 204 g/mol. The van der Waals surface area contributed by atoms with Crippen LogP contribution >= 0.6 is 0 Å². The molecule has 4 heteroatoms. The van der Waals surface area contributed by atoms with E-state index in [4.69, 9.17) is 15.2 Å². The topological polar surface area (TPSA) is 56.5 Å². The van der Waals surface area contributed by atoms with E-state index < -0.39 is 0 Å². The fourth-order valence-corrected chi connectivity index (χ4v) is 1.33. The third kappa shape index (κ3) is 8.44. The van der Waals surface area contributed by atoms with Gasteiger partial charge in [-0.3, -0.25) is 0 Å². The van der Waals surface area contributed by atoms with Crippen LogP contribution in [0.4, 0.5) is 0 Å². The van der Waals surface area contributed by atoms with E-state index in [0.717, 1.165) is 45.6 Å². The van der Waals surface area contributed by atoms with Crippen molar-refractivity contribution in [2.75, 3.05) is 40.5 Å². The molecule has 0 aliphatic carbocycles. The molecule has 1 atom stereocenters. The first-order valence-corrected chi connectivity index (χ1v) is 5.26. The highest BCUT2D eigenvalue weighted by Crippen LogP contribution is 1.96. The lowest BCUT2D eigenvalue weighted by Crippen LogP contribution is -2.34. The zero-order valence-corrected chi connectivity index (χ0v) is 9.42. The van der Waals surface area contributed by atoms with Gasteiger partial charge in [0.25, 0.3) is 0 Å². The van der Waals surface area contributed by atoms with Crippen molar-refractivity contribution in [1.29, 1.82) is 0 Å². The largest absolute Gasteiger partial charge is 0.385 e. The van der Waals surface area contributed by atoms with E-state index >= 15 is 0 Å². The van der Waals surface area contributed by atoms with Crippen molar-refractivity contribution in [1.82, 2.24) is 5.32 Å². The van der Waals surface area contributed by atoms with Gasteiger partial charge < -0.3 is 20.5 Å². The Morgan fingerprint density at radius 1 is 1.21 bits per heavy atom. The van der Waals surface area contributed by atoms with Crippen LogP contribution in [-0.2, 0) is 9.47 Å². The molecule has 0 saturated carbocycles. The second-order valence-corrected chi connectivity index (χ2v) is 3.38. The second kappa shape index (κ2) is 10.9. The first kappa shape index (κ1) is 13.8. The molecular weight excluding hydrogens is 180 g/mol. The van der Waals surface area contributed by atoms with Crippen molar-refractivity contribution < 1.29 is 9.47 Å². The lowest BCUT2D eigenvalue weighted by atomic mass is 10.1. The highest BCUT2D eigenvalue weighted by molar-refractivity contribution is 4.66. The van der Waals surface area contributed by atoms with Gasteiger partial charge in [-0.15, -0.1) is 0 Å². The Morgan fingerprint density at radius 2 is 2.00 bits per heavy atom. The molecule has 0 saturated heterocycles. The van der Waals surface area contributed by atoms with Gasteiger partial charge in [0.1, 0.15) is 0 Å². The van der Waals surface area contributed by atoms with E-state index in [1.807, 2.05) is 0 Å². The van der Waals surface area contributed by atoms with E-state index in [9.17, 15) is 0 Å². The maximum Gasteiger partial charge on any atom is 0.0615 e. The van der Waals surface area contributed by atoms with Gasteiger partial charge in [0.05, 0.1) is 6.61 Å². The Balaban J connectivity index is 3.40. The summed E-state index contributed by atoms with van der Waals surface area (Å²) >= 11 is 0. The number of rotatable bonds is 10. The standard InChI is InChI=1S/C10H24N2O2/c1-13-8-4-7-12-10(9-14-2)5-3-6-11/h10,12H,3-9,11H2,1-2H3. The molecule has 0 rings (SSSR count). The molecule has 0 radical (unpaired) electrons. The highest BCUT2D eigenvalue weighted by Gasteiger charge is 2.05. The van der Waals surface area contributed by atoms with Crippen LogP contribution in [0.5, 0.6) is 0 Å². The summed E-state index contributed by atoms with van der Waals surface area (Å²) in [6, 6.07) is 0.431. The molecular formula is C10H24N2O2. The smallest absolute Gasteiger partial charge is 0.0615 e. The molecule has 0 aliphatic rings. The number of nitrogens with two attached hydrogens (primary N) is 1. The van der Waals surface area contributed by atoms with Crippen LogP contribution in [0.2, 0.25) is 0 Å². The van der Waals surface area contributed by atoms with Crippen LogP contribution < -0.4 is 11.1 Å². The van der Waals surface area contributed by atoms with Crippen molar-refractivity contribution in [3.05, 3.63) is 0 Å². The summed E-state index contributed by atoms with van der Waals surface area (Å²) < 4.78 is 10.1. The molecule has 0 fully saturated rings. The summed E-state index contributed by atoms with van der Waals surface area (Å²) in [5.74, 6) is 0. The van der Waals surface area contributed by atoms with Crippen molar-refractivity contribution in [2.24, 2.45) is 5.73 Å². The minimum Gasteiger partial charge on any atom is -0.385 e. The van der Waals surface area contributed by atoms with Crippen LogP contribution in [0.15, 0.2) is 0 Å². The van der Waals surface area contributed by atoms with Gasteiger partial charge in [-0.1, -0.05) is 0 Å². The van der Waals surface area contributed by atoms with E-state index in [-0.39, 0.29) is 0 Å². The number of nitrogens with one attached hydrogen (secondary N) is 1. The van der Waals surface area contributed by atoms with Gasteiger partial charge in [-0.05, 0) is 32.4 Å². The minimum atomic E-state index is 0.431. The highest BCUT2D eigenvalue weighted by atomic mass is 16.5. The van der Waals surface area contributed by atoms with Crippen LogP contribution in [0.25, 0.3) is 0 Å². The number of methoxy groups -OCH3 is 2. The maximum absolute atomic E-state index is 5.46. The van der Waals surface area contributed by atoms with Gasteiger partial charge in [0.2, 0.25) is 0 Å². The van der Waals surface area contributed by atoms with Crippen molar-refractivity contribution >= 4 is 0 Å². The van der Waals surface area contributed by atoms with E-state index in [0.29, 0.717) is 6.04 Å². The van der Waals surface area contributed by atoms with Gasteiger partial charge in [-0.25, -0.2) is 0 Å². The molecule has 1 unspecified atom stereocenters. The summed E-state index contributed by atoms with van der Waals surface area (Å²) in [7, 11) is 3.45. The molecule has 0 aliphatic heterocycles.